The zero-order valence-corrected chi connectivity index (χ0v) is 15.6. The summed E-state index contributed by atoms with van der Waals surface area (Å²) < 4.78 is 20.5. The molecule has 1 heterocycles. The summed E-state index contributed by atoms with van der Waals surface area (Å²) >= 11 is 1.68. The van der Waals surface area contributed by atoms with Crippen LogP contribution >= 0.6 is 11.3 Å². The van der Waals surface area contributed by atoms with E-state index in [0.717, 1.165) is 27.2 Å². The van der Waals surface area contributed by atoms with Crippen LogP contribution in [0.5, 0.6) is 0 Å². The van der Waals surface area contributed by atoms with Crippen LogP contribution in [0.3, 0.4) is 0 Å². The van der Waals surface area contributed by atoms with Crippen molar-refractivity contribution in [2.75, 3.05) is 7.11 Å². The minimum atomic E-state index is -0.802. The first-order chi connectivity index (χ1) is 12.5. The number of halogens is 1. The van der Waals surface area contributed by atoms with Crippen LogP contribution in [-0.2, 0) is 14.9 Å². The first-order valence-electron chi connectivity index (χ1n) is 8.74. The summed E-state index contributed by atoms with van der Waals surface area (Å²) in [5.41, 5.74) is 1.46. The van der Waals surface area contributed by atoms with Gasteiger partial charge in [0.15, 0.2) is 0 Å². The molecule has 4 rings (SSSR count). The Hall–Kier alpha value is -2.27. The standard InChI is InChI=1S/C21H20FNO2S/c1-13-15(6-5-7-16(13)22)21(20(24)25-2)11-10-14(12-21)19-23-17-8-3-4-9-18(17)26-19/h3-9,14H,10-12H2,1-2H3. The Kier molecular flexibility index (Phi) is 4.27. The molecule has 2 aromatic carbocycles. The van der Waals surface area contributed by atoms with Crippen molar-refractivity contribution in [3.8, 4) is 0 Å². The number of esters is 1. The lowest BCUT2D eigenvalue weighted by Crippen LogP contribution is -2.35. The second-order valence-electron chi connectivity index (χ2n) is 6.95. The van der Waals surface area contributed by atoms with Crippen LogP contribution in [0.2, 0.25) is 0 Å². The number of methoxy groups -OCH3 is 1. The van der Waals surface area contributed by atoms with Gasteiger partial charge in [-0.1, -0.05) is 24.3 Å². The summed E-state index contributed by atoms with van der Waals surface area (Å²) in [4.78, 5) is 17.6. The van der Waals surface area contributed by atoms with Gasteiger partial charge >= 0.3 is 5.97 Å². The zero-order chi connectivity index (χ0) is 18.3. The van der Waals surface area contributed by atoms with Crippen LogP contribution in [0.1, 0.15) is 41.3 Å². The molecule has 1 aromatic heterocycles. The van der Waals surface area contributed by atoms with Crippen LogP contribution in [0.15, 0.2) is 42.5 Å². The van der Waals surface area contributed by atoms with Crippen molar-refractivity contribution in [2.24, 2.45) is 0 Å². The molecule has 26 heavy (non-hydrogen) atoms. The summed E-state index contributed by atoms with van der Waals surface area (Å²) in [7, 11) is 1.41. The van der Waals surface area contributed by atoms with Crippen LogP contribution < -0.4 is 0 Å². The maximum atomic E-state index is 14.2. The molecule has 0 aliphatic heterocycles. The fourth-order valence-corrected chi connectivity index (χ4v) is 5.28. The molecular weight excluding hydrogens is 349 g/mol. The zero-order valence-electron chi connectivity index (χ0n) is 14.8. The van der Waals surface area contributed by atoms with Gasteiger partial charge < -0.3 is 4.74 Å². The molecule has 0 saturated heterocycles. The van der Waals surface area contributed by atoms with Crippen molar-refractivity contribution in [3.05, 3.63) is 64.4 Å². The van der Waals surface area contributed by atoms with Gasteiger partial charge in [-0.2, -0.15) is 0 Å². The van der Waals surface area contributed by atoms with E-state index in [1.54, 1.807) is 24.3 Å². The van der Waals surface area contributed by atoms with Crippen molar-refractivity contribution in [1.82, 2.24) is 4.98 Å². The Balaban J connectivity index is 1.75. The van der Waals surface area contributed by atoms with Gasteiger partial charge in [-0.05, 0) is 55.5 Å². The highest BCUT2D eigenvalue weighted by Gasteiger charge is 2.49. The predicted molar refractivity (Wildman–Crippen MR) is 101 cm³/mol. The maximum absolute atomic E-state index is 14.2. The average Bonchev–Trinajstić information content (AvgIpc) is 3.28. The third kappa shape index (κ3) is 2.62. The topological polar surface area (TPSA) is 39.2 Å². The largest absolute Gasteiger partial charge is 0.468 e. The van der Waals surface area contributed by atoms with Gasteiger partial charge in [-0.15, -0.1) is 11.3 Å². The van der Waals surface area contributed by atoms with E-state index in [1.165, 1.54) is 13.2 Å². The lowest BCUT2D eigenvalue weighted by atomic mass is 9.76. The maximum Gasteiger partial charge on any atom is 0.316 e. The Morgan fingerprint density at radius 2 is 2.08 bits per heavy atom. The number of thiazole rings is 1. The molecule has 0 N–H and O–H groups in total. The molecule has 2 unspecified atom stereocenters. The van der Waals surface area contributed by atoms with Crippen LogP contribution in [-0.4, -0.2) is 18.1 Å². The summed E-state index contributed by atoms with van der Waals surface area (Å²) in [6.07, 6.45) is 2.08. The number of hydrogen-bond acceptors (Lipinski definition) is 4. The number of fused-ring (bicyclic) bond motifs is 1. The number of hydrogen-bond donors (Lipinski definition) is 0. The van der Waals surface area contributed by atoms with Gasteiger partial charge in [0.1, 0.15) is 5.82 Å². The van der Waals surface area contributed by atoms with E-state index >= 15 is 0 Å². The van der Waals surface area contributed by atoms with E-state index in [1.807, 2.05) is 24.3 Å². The summed E-state index contributed by atoms with van der Waals surface area (Å²) in [5.74, 6) is -0.391. The molecule has 134 valence electrons. The lowest BCUT2D eigenvalue weighted by Gasteiger charge is -2.28. The second-order valence-corrected chi connectivity index (χ2v) is 8.01. The minimum Gasteiger partial charge on any atom is -0.468 e. The quantitative estimate of drug-likeness (QED) is 0.601. The normalized spacial score (nSPS) is 22.7. The molecule has 2 atom stereocenters. The number of aromatic nitrogens is 1. The van der Waals surface area contributed by atoms with Crippen molar-refractivity contribution in [1.29, 1.82) is 0 Å². The highest BCUT2D eigenvalue weighted by atomic mass is 32.1. The van der Waals surface area contributed by atoms with Gasteiger partial charge in [-0.25, -0.2) is 9.37 Å². The highest BCUT2D eigenvalue weighted by Crippen LogP contribution is 2.51. The van der Waals surface area contributed by atoms with Gasteiger partial charge in [0.25, 0.3) is 0 Å². The van der Waals surface area contributed by atoms with Crippen molar-refractivity contribution >= 4 is 27.5 Å². The molecule has 1 aliphatic carbocycles. The van der Waals surface area contributed by atoms with Crippen molar-refractivity contribution < 1.29 is 13.9 Å². The summed E-state index contributed by atoms with van der Waals surface area (Å²) in [6, 6.07) is 13.0. The minimum absolute atomic E-state index is 0.175. The van der Waals surface area contributed by atoms with Gasteiger partial charge in [-0.3, -0.25) is 4.79 Å². The Morgan fingerprint density at radius 1 is 1.27 bits per heavy atom. The number of benzene rings is 2. The number of para-hydroxylation sites is 1. The molecule has 0 bridgehead atoms. The van der Waals surface area contributed by atoms with Gasteiger partial charge in [0.05, 0.1) is 27.7 Å². The monoisotopic (exact) mass is 369 g/mol. The summed E-state index contributed by atoms with van der Waals surface area (Å²) in [5, 5.41) is 1.05. The lowest BCUT2D eigenvalue weighted by molar-refractivity contribution is -0.147. The smallest absolute Gasteiger partial charge is 0.316 e. The molecule has 3 aromatic rings. The number of ether oxygens (including phenoxy) is 1. The van der Waals surface area contributed by atoms with Gasteiger partial charge in [0.2, 0.25) is 0 Å². The van der Waals surface area contributed by atoms with E-state index in [0.29, 0.717) is 18.4 Å². The molecule has 0 spiro atoms. The number of carbonyl (C=O) groups is 1. The third-order valence-electron chi connectivity index (χ3n) is 5.53. The van der Waals surface area contributed by atoms with Crippen LogP contribution in [0, 0.1) is 12.7 Å². The summed E-state index contributed by atoms with van der Waals surface area (Å²) in [6.45, 7) is 1.74. The number of rotatable bonds is 3. The fourth-order valence-electron chi connectivity index (χ4n) is 4.18. The average molecular weight is 369 g/mol. The Bertz CT molecular complexity index is 950. The fraction of sp³-hybridized carbons (Fsp3) is 0.333. The van der Waals surface area contributed by atoms with Crippen LogP contribution in [0.4, 0.5) is 4.39 Å². The van der Waals surface area contributed by atoms with Crippen molar-refractivity contribution in [3.63, 3.8) is 0 Å². The molecule has 1 fully saturated rings. The molecule has 1 aliphatic rings. The van der Waals surface area contributed by atoms with E-state index in [9.17, 15) is 9.18 Å². The Morgan fingerprint density at radius 3 is 2.85 bits per heavy atom. The molecule has 0 radical (unpaired) electrons. The predicted octanol–water partition coefficient (Wildman–Crippen LogP) is 5.12. The second kappa shape index (κ2) is 6.47. The molecule has 3 nitrogen and oxygen atoms in total. The number of nitrogens with zero attached hydrogens (tertiary/aromatic N) is 1. The molecular formula is C21H20FNO2S. The molecule has 1 saturated carbocycles. The highest BCUT2D eigenvalue weighted by molar-refractivity contribution is 7.18. The first kappa shape index (κ1) is 17.2. The van der Waals surface area contributed by atoms with E-state index < -0.39 is 5.41 Å². The molecule has 5 heteroatoms. The SMILES string of the molecule is COC(=O)C1(c2cccc(F)c2C)CCC(c2nc3ccccc3s2)C1. The first-order valence-corrected chi connectivity index (χ1v) is 9.56. The molecule has 0 amide bonds. The third-order valence-corrected chi connectivity index (χ3v) is 6.73. The van der Waals surface area contributed by atoms with Gasteiger partial charge in [0, 0.05) is 5.92 Å². The van der Waals surface area contributed by atoms with E-state index in [4.69, 9.17) is 9.72 Å². The number of carbonyl (C=O) groups excluding carboxylic acids is 1. The van der Waals surface area contributed by atoms with Crippen molar-refractivity contribution in [2.45, 2.75) is 37.5 Å². The van der Waals surface area contributed by atoms with E-state index in [-0.39, 0.29) is 17.7 Å². The van der Waals surface area contributed by atoms with E-state index in [2.05, 4.69) is 6.07 Å². The Labute approximate surface area is 155 Å². The van der Waals surface area contributed by atoms with Crippen LogP contribution in [0.25, 0.3) is 10.2 Å².